The lowest BCUT2D eigenvalue weighted by Gasteiger charge is -2.32. The van der Waals surface area contributed by atoms with E-state index in [4.69, 9.17) is 0 Å². The highest BCUT2D eigenvalue weighted by atomic mass is 16.3. The largest absolute Gasteiger partial charge is 0.385 e. The summed E-state index contributed by atoms with van der Waals surface area (Å²) in [7, 11) is 0. The first-order chi connectivity index (χ1) is 12.6. The van der Waals surface area contributed by atoms with Crippen LogP contribution in [0.1, 0.15) is 36.8 Å². The predicted octanol–water partition coefficient (Wildman–Crippen LogP) is 2.52. The lowest BCUT2D eigenvalue weighted by molar-refractivity contribution is 0.00556. The molecule has 26 heavy (non-hydrogen) atoms. The minimum Gasteiger partial charge on any atom is -0.385 e. The van der Waals surface area contributed by atoms with Crippen LogP contribution in [-0.4, -0.2) is 36.4 Å². The Labute approximate surface area is 156 Å². The van der Waals surface area contributed by atoms with E-state index in [1.807, 2.05) is 60.7 Å². The Balaban J connectivity index is 0.000000151. The van der Waals surface area contributed by atoms with Crippen molar-refractivity contribution < 1.29 is 10.2 Å². The fourth-order valence-corrected chi connectivity index (χ4v) is 3.75. The summed E-state index contributed by atoms with van der Waals surface area (Å²) < 4.78 is 0. The van der Waals surface area contributed by atoms with E-state index in [9.17, 15) is 10.2 Å². The summed E-state index contributed by atoms with van der Waals surface area (Å²) in [5, 5.41) is 27.1. The van der Waals surface area contributed by atoms with Gasteiger partial charge in [0.2, 0.25) is 0 Å². The molecule has 0 unspecified atom stereocenters. The van der Waals surface area contributed by atoms with E-state index in [-0.39, 0.29) is 0 Å². The first kappa shape index (κ1) is 19.1. The number of hydrogen-bond acceptors (Lipinski definition) is 4. The van der Waals surface area contributed by atoms with Gasteiger partial charge in [-0.25, -0.2) is 0 Å². The molecule has 4 rings (SSSR count). The zero-order valence-corrected chi connectivity index (χ0v) is 15.3. The first-order valence-corrected chi connectivity index (χ1v) is 9.60. The third-order valence-corrected chi connectivity index (χ3v) is 5.48. The molecule has 4 heteroatoms. The van der Waals surface area contributed by atoms with Gasteiger partial charge < -0.3 is 20.8 Å². The molecule has 2 heterocycles. The van der Waals surface area contributed by atoms with Crippen molar-refractivity contribution in [3.8, 4) is 0 Å². The van der Waals surface area contributed by atoms with Crippen molar-refractivity contribution in [2.45, 2.75) is 36.9 Å². The first-order valence-electron chi connectivity index (χ1n) is 9.60. The summed E-state index contributed by atoms with van der Waals surface area (Å²) in [6.45, 7) is 3.63. The van der Waals surface area contributed by atoms with Crippen LogP contribution in [-0.2, 0) is 11.2 Å². The Morgan fingerprint density at radius 1 is 0.538 bits per heavy atom. The van der Waals surface area contributed by atoms with E-state index in [0.29, 0.717) is 0 Å². The summed E-state index contributed by atoms with van der Waals surface area (Å²) >= 11 is 0. The zero-order chi connectivity index (χ0) is 18.3. The van der Waals surface area contributed by atoms with Crippen LogP contribution < -0.4 is 10.6 Å². The lowest BCUT2D eigenvalue weighted by atomic mass is 9.85. The second-order valence-corrected chi connectivity index (χ2v) is 7.30. The summed E-state index contributed by atoms with van der Waals surface area (Å²) in [6.07, 6.45) is 3.27. The summed E-state index contributed by atoms with van der Waals surface area (Å²) in [5.74, 6) is 0. The Hall–Kier alpha value is -1.72. The maximum atomic E-state index is 10.3. The van der Waals surface area contributed by atoms with Crippen LogP contribution in [0.3, 0.4) is 0 Å². The van der Waals surface area contributed by atoms with Crippen LogP contribution in [0.4, 0.5) is 0 Å². The average molecular weight is 354 g/mol. The number of aliphatic hydroxyl groups is 2. The summed E-state index contributed by atoms with van der Waals surface area (Å²) in [6, 6.07) is 19.9. The van der Waals surface area contributed by atoms with Gasteiger partial charge in [0.15, 0.2) is 0 Å². The van der Waals surface area contributed by atoms with Crippen LogP contribution >= 0.6 is 0 Å². The highest BCUT2D eigenvalue weighted by Crippen LogP contribution is 2.30. The smallest absolute Gasteiger partial charge is 0.0920 e. The molecule has 140 valence electrons. The van der Waals surface area contributed by atoms with Gasteiger partial charge in [0, 0.05) is 0 Å². The second kappa shape index (κ2) is 8.78. The number of nitrogens with one attached hydrogen (secondary N) is 2. The molecule has 4 nitrogen and oxygen atoms in total. The summed E-state index contributed by atoms with van der Waals surface area (Å²) in [5.41, 5.74) is 0.923. The van der Waals surface area contributed by atoms with E-state index in [1.54, 1.807) is 0 Å². The van der Waals surface area contributed by atoms with Crippen LogP contribution in [0.15, 0.2) is 60.7 Å². The molecule has 2 aromatic rings. The van der Waals surface area contributed by atoms with Crippen molar-refractivity contribution in [3.63, 3.8) is 0 Å². The fraction of sp³-hybridized carbons (Fsp3) is 0.455. The third-order valence-electron chi connectivity index (χ3n) is 5.48. The lowest BCUT2D eigenvalue weighted by Crippen LogP contribution is -2.39. The number of hydrogen-bond donors (Lipinski definition) is 4. The molecule has 2 saturated heterocycles. The molecule has 0 amide bonds. The Morgan fingerprint density at radius 3 is 1.15 bits per heavy atom. The molecule has 0 spiro atoms. The minimum atomic E-state index is -0.591. The Bertz CT molecular complexity index is 589. The zero-order valence-electron chi connectivity index (χ0n) is 15.3. The van der Waals surface area contributed by atoms with Crippen molar-refractivity contribution in [3.05, 3.63) is 71.8 Å². The van der Waals surface area contributed by atoms with Crippen LogP contribution in [0, 0.1) is 0 Å². The van der Waals surface area contributed by atoms with Crippen molar-refractivity contribution >= 4 is 0 Å². The summed E-state index contributed by atoms with van der Waals surface area (Å²) in [4.78, 5) is 0. The van der Waals surface area contributed by atoms with Crippen molar-refractivity contribution in [1.82, 2.24) is 10.6 Å². The molecule has 0 saturated carbocycles. The van der Waals surface area contributed by atoms with E-state index in [2.05, 4.69) is 10.6 Å². The molecule has 0 aromatic heterocycles. The van der Waals surface area contributed by atoms with E-state index < -0.39 is 11.2 Å². The Kier molecular flexibility index (Phi) is 6.43. The number of rotatable bonds is 2. The van der Waals surface area contributed by atoms with Gasteiger partial charge in [-0.3, -0.25) is 0 Å². The van der Waals surface area contributed by atoms with Gasteiger partial charge in [-0.1, -0.05) is 60.7 Å². The van der Waals surface area contributed by atoms with Gasteiger partial charge in [-0.2, -0.15) is 0 Å². The quantitative estimate of drug-likeness (QED) is 0.669. The fourth-order valence-electron chi connectivity index (χ4n) is 3.75. The molecule has 0 bridgehead atoms. The molecular weight excluding hydrogens is 324 g/mol. The SMILES string of the molecule is OC1(c2ccccc2)CCNCC1.OC1(c2ccccc2)CCNCC1. The van der Waals surface area contributed by atoms with Crippen LogP contribution in [0.25, 0.3) is 0 Å². The van der Waals surface area contributed by atoms with Crippen molar-refractivity contribution in [2.75, 3.05) is 26.2 Å². The molecule has 4 N–H and O–H groups in total. The van der Waals surface area contributed by atoms with Gasteiger partial charge in [0.25, 0.3) is 0 Å². The Morgan fingerprint density at radius 2 is 0.846 bits per heavy atom. The van der Waals surface area contributed by atoms with Crippen LogP contribution in [0.5, 0.6) is 0 Å². The van der Waals surface area contributed by atoms with Gasteiger partial charge in [-0.05, 0) is 63.0 Å². The molecule has 0 aliphatic carbocycles. The molecule has 2 aliphatic rings. The molecule has 2 aliphatic heterocycles. The van der Waals surface area contributed by atoms with Gasteiger partial charge in [0.1, 0.15) is 0 Å². The second-order valence-electron chi connectivity index (χ2n) is 7.30. The maximum Gasteiger partial charge on any atom is 0.0920 e. The number of piperidine rings is 2. The molecule has 2 fully saturated rings. The van der Waals surface area contributed by atoms with Gasteiger partial charge >= 0.3 is 0 Å². The topological polar surface area (TPSA) is 64.5 Å². The van der Waals surface area contributed by atoms with Gasteiger partial charge in [0.05, 0.1) is 11.2 Å². The van der Waals surface area contributed by atoms with Crippen molar-refractivity contribution in [1.29, 1.82) is 0 Å². The predicted molar refractivity (Wildman–Crippen MR) is 105 cm³/mol. The van der Waals surface area contributed by atoms with E-state index in [0.717, 1.165) is 63.0 Å². The molecule has 0 radical (unpaired) electrons. The number of benzene rings is 2. The van der Waals surface area contributed by atoms with Gasteiger partial charge in [-0.15, -0.1) is 0 Å². The molecule has 2 aromatic carbocycles. The third kappa shape index (κ3) is 4.71. The molecule has 0 atom stereocenters. The normalized spacial score (nSPS) is 21.3. The van der Waals surface area contributed by atoms with E-state index >= 15 is 0 Å². The monoisotopic (exact) mass is 354 g/mol. The highest BCUT2D eigenvalue weighted by molar-refractivity contribution is 5.23. The average Bonchev–Trinajstić information content (AvgIpc) is 2.71. The minimum absolute atomic E-state index is 0.591. The van der Waals surface area contributed by atoms with Crippen molar-refractivity contribution in [2.24, 2.45) is 0 Å². The maximum absolute atomic E-state index is 10.3. The van der Waals surface area contributed by atoms with Crippen LogP contribution in [0.2, 0.25) is 0 Å². The highest BCUT2D eigenvalue weighted by Gasteiger charge is 2.31. The standard InChI is InChI=1S/2C11H15NO/c2*13-11(6-8-12-9-7-11)10-4-2-1-3-5-10/h2*1-5,12-13H,6-9H2. The van der Waals surface area contributed by atoms with E-state index in [1.165, 1.54) is 0 Å². The molecular formula is C22H30N2O2.